The first-order chi connectivity index (χ1) is 9.60. The van der Waals surface area contributed by atoms with Gasteiger partial charge in [-0.05, 0) is 49.9 Å². The van der Waals surface area contributed by atoms with E-state index in [-0.39, 0.29) is 6.04 Å². The molecular formula is C15H18BrN3S. The number of benzene rings is 1. The van der Waals surface area contributed by atoms with Crippen LogP contribution in [0.4, 0.5) is 5.82 Å². The third kappa shape index (κ3) is 3.98. The fourth-order valence-electron chi connectivity index (χ4n) is 1.92. The summed E-state index contributed by atoms with van der Waals surface area (Å²) in [5.41, 5.74) is 8.18. The zero-order valence-electron chi connectivity index (χ0n) is 11.6. The lowest BCUT2D eigenvalue weighted by molar-refractivity contribution is 0.661. The van der Waals surface area contributed by atoms with Gasteiger partial charge in [0, 0.05) is 32.9 Å². The molecule has 1 aromatic carbocycles. The van der Waals surface area contributed by atoms with Crippen molar-refractivity contribution < 1.29 is 0 Å². The summed E-state index contributed by atoms with van der Waals surface area (Å²) >= 11 is 5.25. The molecule has 20 heavy (non-hydrogen) atoms. The van der Waals surface area contributed by atoms with Crippen molar-refractivity contribution in [3.8, 4) is 0 Å². The number of hydrogen-bond acceptors (Lipinski definition) is 4. The molecule has 0 aliphatic rings. The van der Waals surface area contributed by atoms with Crippen LogP contribution >= 0.6 is 27.7 Å². The van der Waals surface area contributed by atoms with Gasteiger partial charge in [0.1, 0.15) is 5.82 Å². The highest BCUT2D eigenvalue weighted by Gasteiger charge is 2.14. The summed E-state index contributed by atoms with van der Waals surface area (Å²) in [6, 6.07) is 10.6. The van der Waals surface area contributed by atoms with Gasteiger partial charge in [0.15, 0.2) is 0 Å². The number of anilines is 1. The Morgan fingerprint density at radius 1 is 1.35 bits per heavy atom. The number of hydrogen-bond donors (Lipinski definition) is 2. The Morgan fingerprint density at radius 3 is 2.70 bits per heavy atom. The second kappa shape index (κ2) is 7.11. The fraction of sp³-hybridized carbons (Fsp3) is 0.267. The van der Waals surface area contributed by atoms with E-state index in [1.807, 2.05) is 14.0 Å². The minimum absolute atomic E-state index is 0.191. The first-order valence-corrected chi connectivity index (χ1v) is 8.15. The van der Waals surface area contributed by atoms with E-state index >= 15 is 0 Å². The van der Waals surface area contributed by atoms with Gasteiger partial charge in [0.2, 0.25) is 0 Å². The fourth-order valence-corrected chi connectivity index (χ4v) is 3.22. The Kier molecular flexibility index (Phi) is 5.46. The van der Waals surface area contributed by atoms with E-state index in [0.717, 1.165) is 21.4 Å². The highest BCUT2D eigenvalue weighted by molar-refractivity contribution is 9.10. The zero-order chi connectivity index (χ0) is 14.5. The molecule has 2 aromatic rings. The molecular weight excluding hydrogens is 334 g/mol. The van der Waals surface area contributed by atoms with Crippen molar-refractivity contribution in [3.05, 3.63) is 52.1 Å². The van der Waals surface area contributed by atoms with Crippen LogP contribution in [-0.2, 0) is 0 Å². The molecule has 1 unspecified atom stereocenters. The van der Waals surface area contributed by atoms with Crippen LogP contribution in [0, 0.1) is 6.92 Å². The molecule has 3 nitrogen and oxygen atoms in total. The number of nitrogen functional groups attached to an aromatic ring is 1. The number of nitrogens with two attached hydrogens (primary N) is 1. The van der Waals surface area contributed by atoms with E-state index in [1.54, 1.807) is 18.0 Å². The Labute approximate surface area is 132 Å². The van der Waals surface area contributed by atoms with Crippen molar-refractivity contribution in [3.63, 3.8) is 0 Å². The molecule has 2 rings (SSSR count). The lowest BCUT2D eigenvalue weighted by Crippen LogP contribution is -2.20. The van der Waals surface area contributed by atoms with Crippen LogP contribution in [0.25, 0.3) is 0 Å². The number of rotatable bonds is 5. The van der Waals surface area contributed by atoms with Gasteiger partial charge in [-0.3, -0.25) is 0 Å². The summed E-state index contributed by atoms with van der Waals surface area (Å²) in [7, 11) is 1.95. The van der Waals surface area contributed by atoms with E-state index < -0.39 is 0 Å². The smallest absolute Gasteiger partial charge is 0.128 e. The largest absolute Gasteiger partial charge is 0.383 e. The van der Waals surface area contributed by atoms with Gasteiger partial charge in [0.25, 0.3) is 0 Å². The number of aryl methyl sites for hydroxylation is 1. The highest BCUT2D eigenvalue weighted by Crippen LogP contribution is 2.28. The van der Waals surface area contributed by atoms with Crippen molar-refractivity contribution in [2.45, 2.75) is 17.9 Å². The normalized spacial score (nSPS) is 12.3. The molecule has 5 heteroatoms. The van der Waals surface area contributed by atoms with Gasteiger partial charge >= 0.3 is 0 Å². The SMILES string of the molecule is CNC(CSc1ccc(Br)cc1)c1cc(C)cnc1N. The first-order valence-electron chi connectivity index (χ1n) is 6.38. The van der Waals surface area contributed by atoms with Crippen molar-refractivity contribution in [2.24, 2.45) is 0 Å². The minimum atomic E-state index is 0.191. The van der Waals surface area contributed by atoms with Crippen LogP contribution in [-0.4, -0.2) is 17.8 Å². The lowest BCUT2D eigenvalue weighted by atomic mass is 10.1. The van der Waals surface area contributed by atoms with Gasteiger partial charge in [-0.2, -0.15) is 0 Å². The second-order valence-electron chi connectivity index (χ2n) is 4.59. The number of nitrogens with zero attached hydrogens (tertiary/aromatic N) is 1. The number of halogens is 1. The average Bonchev–Trinajstić information content (AvgIpc) is 2.45. The summed E-state index contributed by atoms with van der Waals surface area (Å²) in [5.74, 6) is 1.51. The predicted molar refractivity (Wildman–Crippen MR) is 90.1 cm³/mol. The molecule has 0 spiro atoms. The van der Waals surface area contributed by atoms with Crippen LogP contribution in [0.1, 0.15) is 17.2 Å². The molecule has 0 saturated heterocycles. The molecule has 0 fully saturated rings. The molecule has 0 amide bonds. The molecule has 0 saturated carbocycles. The zero-order valence-corrected chi connectivity index (χ0v) is 14.0. The van der Waals surface area contributed by atoms with Gasteiger partial charge in [-0.15, -0.1) is 11.8 Å². The van der Waals surface area contributed by atoms with Gasteiger partial charge in [-0.25, -0.2) is 4.98 Å². The highest BCUT2D eigenvalue weighted by atomic mass is 79.9. The molecule has 1 heterocycles. The van der Waals surface area contributed by atoms with Crippen LogP contribution in [0.2, 0.25) is 0 Å². The lowest BCUT2D eigenvalue weighted by Gasteiger charge is -2.18. The Balaban J connectivity index is 2.09. The Bertz CT molecular complexity index is 572. The van der Waals surface area contributed by atoms with E-state index in [2.05, 4.69) is 56.6 Å². The number of aromatic nitrogens is 1. The molecule has 0 aliphatic carbocycles. The van der Waals surface area contributed by atoms with Gasteiger partial charge in [0.05, 0.1) is 0 Å². The maximum absolute atomic E-state index is 5.99. The second-order valence-corrected chi connectivity index (χ2v) is 6.60. The summed E-state index contributed by atoms with van der Waals surface area (Å²) < 4.78 is 1.10. The topological polar surface area (TPSA) is 50.9 Å². The molecule has 106 valence electrons. The molecule has 3 N–H and O–H groups in total. The number of pyridine rings is 1. The van der Waals surface area contributed by atoms with Crippen molar-refractivity contribution in [1.82, 2.24) is 10.3 Å². The van der Waals surface area contributed by atoms with Gasteiger partial charge < -0.3 is 11.1 Å². The number of nitrogens with one attached hydrogen (secondary N) is 1. The summed E-state index contributed by atoms with van der Waals surface area (Å²) in [5, 5.41) is 3.32. The Morgan fingerprint density at radius 2 is 2.05 bits per heavy atom. The van der Waals surface area contributed by atoms with Crippen molar-refractivity contribution in [1.29, 1.82) is 0 Å². The maximum Gasteiger partial charge on any atom is 0.128 e. The van der Waals surface area contributed by atoms with E-state index in [0.29, 0.717) is 5.82 Å². The molecule has 1 aromatic heterocycles. The van der Waals surface area contributed by atoms with Crippen LogP contribution in [0.5, 0.6) is 0 Å². The minimum Gasteiger partial charge on any atom is -0.383 e. The van der Waals surface area contributed by atoms with Crippen molar-refractivity contribution in [2.75, 3.05) is 18.5 Å². The molecule has 0 aliphatic heterocycles. The number of thioether (sulfide) groups is 1. The predicted octanol–water partition coefficient (Wildman–Crippen LogP) is 3.79. The third-order valence-electron chi connectivity index (χ3n) is 3.04. The summed E-state index contributed by atoms with van der Waals surface area (Å²) in [6.07, 6.45) is 1.80. The summed E-state index contributed by atoms with van der Waals surface area (Å²) in [6.45, 7) is 2.03. The van der Waals surface area contributed by atoms with Crippen LogP contribution in [0.15, 0.2) is 45.9 Å². The molecule has 0 bridgehead atoms. The quantitative estimate of drug-likeness (QED) is 0.804. The van der Waals surface area contributed by atoms with E-state index in [9.17, 15) is 0 Å². The first kappa shape index (κ1) is 15.4. The molecule has 0 radical (unpaired) electrons. The van der Waals surface area contributed by atoms with Crippen LogP contribution < -0.4 is 11.1 Å². The van der Waals surface area contributed by atoms with E-state index in [4.69, 9.17) is 5.73 Å². The Hall–Kier alpha value is -1.04. The third-order valence-corrected chi connectivity index (χ3v) is 4.67. The average molecular weight is 352 g/mol. The van der Waals surface area contributed by atoms with Crippen LogP contribution in [0.3, 0.4) is 0 Å². The standard InChI is InChI=1S/C15H18BrN3S/c1-10-7-13(15(17)19-8-10)14(18-2)9-20-12-5-3-11(16)4-6-12/h3-8,14,18H,9H2,1-2H3,(H2,17,19). The van der Waals surface area contributed by atoms with E-state index in [1.165, 1.54) is 4.90 Å². The monoisotopic (exact) mass is 351 g/mol. The maximum atomic E-state index is 5.99. The van der Waals surface area contributed by atoms with Gasteiger partial charge in [-0.1, -0.05) is 15.9 Å². The van der Waals surface area contributed by atoms with Crippen molar-refractivity contribution >= 4 is 33.5 Å². The summed E-state index contributed by atoms with van der Waals surface area (Å²) in [4.78, 5) is 5.48. The molecule has 1 atom stereocenters.